The molecule has 7 nitrogen and oxygen atoms in total. The van der Waals surface area contributed by atoms with Gasteiger partial charge < -0.3 is 10.2 Å². The molecule has 3 aromatic carbocycles. The average Bonchev–Trinajstić information content (AvgIpc) is 3.11. The number of rotatable bonds is 6. The Morgan fingerprint density at radius 3 is 1.97 bits per heavy atom. The van der Waals surface area contributed by atoms with Gasteiger partial charge in [-0.3, -0.25) is 9.79 Å². The maximum Gasteiger partial charge on any atom is 0.276 e. The van der Waals surface area contributed by atoms with Crippen LogP contribution in [0.3, 0.4) is 0 Å². The number of aliphatic imine (C=N–C) groups is 1. The molecule has 4 rings (SSSR count). The lowest BCUT2D eigenvalue weighted by atomic mass is 9.95. The summed E-state index contributed by atoms with van der Waals surface area (Å²) in [5.41, 5.74) is -2.63. The number of benzene rings is 3. The molecule has 0 saturated carbocycles. The van der Waals surface area contributed by atoms with Gasteiger partial charge in [0.1, 0.15) is 17.0 Å². The standard InChI is InChI=1S/C27H26N2O5S/c1-19(2)18-28-25-23(24(30)20-12-6-3-7-13-20)26(31)29(27(25,32)21-14-8-4-9-15-21)35(33,34)22-16-10-5-11-17-22/h3-17,19,30,32H,18H2,1-2H3/b24-23+,28-25?. The van der Waals surface area contributed by atoms with E-state index in [1.54, 1.807) is 54.6 Å². The molecule has 1 fully saturated rings. The Hall–Kier alpha value is -3.75. The van der Waals surface area contributed by atoms with Crippen molar-refractivity contribution in [3.05, 3.63) is 108 Å². The molecule has 3 aromatic rings. The highest BCUT2D eigenvalue weighted by molar-refractivity contribution is 7.89. The Morgan fingerprint density at radius 2 is 1.43 bits per heavy atom. The van der Waals surface area contributed by atoms with Crippen molar-refractivity contribution >= 4 is 27.4 Å². The number of hydrogen-bond acceptors (Lipinski definition) is 6. The quantitative estimate of drug-likeness (QED) is 0.399. The van der Waals surface area contributed by atoms with E-state index < -0.39 is 27.4 Å². The van der Waals surface area contributed by atoms with Crippen molar-refractivity contribution in [3.8, 4) is 0 Å². The van der Waals surface area contributed by atoms with Crippen molar-refractivity contribution in [1.82, 2.24) is 4.31 Å². The third kappa shape index (κ3) is 4.26. The molecule has 0 spiro atoms. The van der Waals surface area contributed by atoms with Crippen LogP contribution < -0.4 is 0 Å². The number of hydrogen-bond donors (Lipinski definition) is 2. The number of sulfonamides is 1. The van der Waals surface area contributed by atoms with Crippen LogP contribution >= 0.6 is 0 Å². The number of aliphatic hydroxyl groups is 2. The molecular weight excluding hydrogens is 464 g/mol. The van der Waals surface area contributed by atoms with Crippen molar-refractivity contribution in [3.63, 3.8) is 0 Å². The predicted octanol–water partition coefficient (Wildman–Crippen LogP) is 4.13. The fraction of sp³-hybridized carbons (Fsp3) is 0.185. The molecule has 1 unspecified atom stereocenters. The topological polar surface area (TPSA) is 107 Å². The first-order valence-corrected chi connectivity index (χ1v) is 12.6. The highest BCUT2D eigenvalue weighted by Gasteiger charge is 2.60. The van der Waals surface area contributed by atoms with Gasteiger partial charge >= 0.3 is 0 Å². The van der Waals surface area contributed by atoms with E-state index >= 15 is 0 Å². The molecule has 1 aliphatic heterocycles. The van der Waals surface area contributed by atoms with Crippen LogP contribution in [0.5, 0.6) is 0 Å². The fourth-order valence-corrected chi connectivity index (χ4v) is 5.50. The van der Waals surface area contributed by atoms with Gasteiger partial charge in [-0.15, -0.1) is 0 Å². The SMILES string of the molecule is CC(C)CN=C1/C(=C(\O)c2ccccc2)C(=O)N(S(=O)(=O)c2ccccc2)C1(O)c1ccccc1. The molecule has 8 heteroatoms. The van der Waals surface area contributed by atoms with Crippen LogP contribution in [0.15, 0.2) is 106 Å². The van der Waals surface area contributed by atoms with E-state index in [9.17, 15) is 23.4 Å². The molecule has 1 aliphatic rings. The average molecular weight is 491 g/mol. The van der Waals surface area contributed by atoms with Crippen molar-refractivity contribution in [2.24, 2.45) is 10.9 Å². The van der Waals surface area contributed by atoms with Gasteiger partial charge in [-0.1, -0.05) is 92.7 Å². The van der Waals surface area contributed by atoms with E-state index in [0.29, 0.717) is 9.87 Å². The van der Waals surface area contributed by atoms with E-state index in [2.05, 4.69) is 4.99 Å². The third-order valence-electron chi connectivity index (χ3n) is 5.62. The zero-order chi connectivity index (χ0) is 25.2. The van der Waals surface area contributed by atoms with Gasteiger partial charge in [0.15, 0.2) is 0 Å². The largest absolute Gasteiger partial charge is 0.506 e. The molecule has 0 aliphatic carbocycles. The van der Waals surface area contributed by atoms with Crippen LogP contribution in [0.2, 0.25) is 0 Å². The number of nitrogens with zero attached hydrogens (tertiary/aromatic N) is 2. The van der Waals surface area contributed by atoms with Crippen LogP contribution in [0, 0.1) is 5.92 Å². The summed E-state index contributed by atoms with van der Waals surface area (Å²) in [6.45, 7) is 4.01. The second-order valence-electron chi connectivity index (χ2n) is 8.60. The summed E-state index contributed by atoms with van der Waals surface area (Å²) in [6, 6.07) is 23.7. The number of amides is 1. The van der Waals surface area contributed by atoms with Crippen molar-refractivity contribution in [2.75, 3.05) is 6.54 Å². The van der Waals surface area contributed by atoms with Crippen molar-refractivity contribution in [2.45, 2.75) is 24.5 Å². The zero-order valence-corrected chi connectivity index (χ0v) is 20.2. The molecule has 0 bridgehead atoms. The monoisotopic (exact) mass is 490 g/mol. The molecule has 1 heterocycles. The molecule has 1 saturated heterocycles. The smallest absolute Gasteiger partial charge is 0.276 e. The minimum atomic E-state index is -4.56. The number of carbonyl (C=O) groups excluding carboxylic acids is 1. The van der Waals surface area contributed by atoms with Gasteiger partial charge in [-0.2, -0.15) is 4.31 Å². The van der Waals surface area contributed by atoms with Gasteiger partial charge in [0.2, 0.25) is 5.72 Å². The summed E-state index contributed by atoms with van der Waals surface area (Å²) in [4.78, 5) is 18.2. The van der Waals surface area contributed by atoms with Gasteiger partial charge in [0, 0.05) is 17.7 Å². The summed E-state index contributed by atoms with van der Waals surface area (Å²) in [5.74, 6) is -1.49. The number of aliphatic hydroxyl groups excluding tert-OH is 1. The van der Waals surface area contributed by atoms with E-state index in [1.807, 2.05) is 13.8 Å². The zero-order valence-electron chi connectivity index (χ0n) is 19.4. The second-order valence-corrected chi connectivity index (χ2v) is 10.4. The molecule has 180 valence electrons. The maximum atomic E-state index is 13.9. The minimum absolute atomic E-state index is 0.0394. The van der Waals surface area contributed by atoms with Gasteiger partial charge in [-0.05, 0) is 18.1 Å². The Morgan fingerprint density at radius 1 is 0.914 bits per heavy atom. The summed E-state index contributed by atoms with van der Waals surface area (Å²) in [5, 5.41) is 23.4. The molecule has 0 radical (unpaired) electrons. The summed E-state index contributed by atoms with van der Waals surface area (Å²) >= 11 is 0. The van der Waals surface area contributed by atoms with Crippen LogP contribution in [-0.2, 0) is 20.5 Å². The van der Waals surface area contributed by atoms with Crippen molar-refractivity contribution < 1.29 is 23.4 Å². The Balaban J connectivity index is 2.07. The third-order valence-corrected chi connectivity index (χ3v) is 7.39. The lowest BCUT2D eigenvalue weighted by Gasteiger charge is -2.32. The highest BCUT2D eigenvalue weighted by atomic mass is 32.2. The van der Waals surface area contributed by atoms with Gasteiger partial charge in [-0.25, -0.2) is 8.42 Å². The number of carbonyl (C=O) groups is 1. The predicted molar refractivity (Wildman–Crippen MR) is 134 cm³/mol. The summed E-state index contributed by atoms with van der Waals surface area (Å²) in [7, 11) is -4.56. The molecule has 35 heavy (non-hydrogen) atoms. The molecule has 2 N–H and O–H groups in total. The van der Waals surface area contributed by atoms with Crippen LogP contribution in [0.1, 0.15) is 25.0 Å². The van der Waals surface area contributed by atoms with E-state index in [-0.39, 0.29) is 34.2 Å². The molecule has 1 amide bonds. The van der Waals surface area contributed by atoms with Gasteiger partial charge in [0.05, 0.1) is 4.90 Å². The Labute approximate surface area is 204 Å². The fourth-order valence-electron chi connectivity index (χ4n) is 3.94. The second kappa shape index (κ2) is 9.48. The first-order chi connectivity index (χ1) is 16.7. The highest BCUT2D eigenvalue weighted by Crippen LogP contribution is 2.44. The van der Waals surface area contributed by atoms with Crippen molar-refractivity contribution in [1.29, 1.82) is 0 Å². The van der Waals surface area contributed by atoms with E-state index in [1.165, 1.54) is 36.4 Å². The Bertz CT molecular complexity index is 1390. The molecule has 0 aromatic heterocycles. The Kier molecular flexibility index (Phi) is 6.60. The summed E-state index contributed by atoms with van der Waals surface area (Å²) in [6.07, 6.45) is 0. The van der Waals surface area contributed by atoms with E-state index in [4.69, 9.17) is 0 Å². The van der Waals surface area contributed by atoms with Crippen LogP contribution in [-0.4, -0.2) is 41.1 Å². The molecular formula is C27H26N2O5S. The first kappa shape index (κ1) is 24.4. The first-order valence-electron chi connectivity index (χ1n) is 11.2. The minimum Gasteiger partial charge on any atom is -0.506 e. The van der Waals surface area contributed by atoms with E-state index in [0.717, 1.165) is 0 Å². The van der Waals surface area contributed by atoms with Crippen LogP contribution in [0.25, 0.3) is 5.76 Å². The normalized spacial score (nSPS) is 21.1. The lowest BCUT2D eigenvalue weighted by molar-refractivity contribution is -0.129. The summed E-state index contributed by atoms with van der Waals surface area (Å²) < 4.78 is 28.0. The van der Waals surface area contributed by atoms with Gasteiger partial charge in [0.25, 0.3) is 15.9 Å². The lowest BCUT2D eigenvalue weighted by Crippen LogP contribution is -2.50. The van der Waals surface area contributed by atoms with Crippen LogP contribution in [0.4, 0.5) is 0 Å². The maximum absolute atomic E-state index is 13.9. The molecule has 1 atom stereocenters.